The Labute approximate surface area is 111 Å². The van der Waals surface area contributed by atoms with Gasteiger partial charge in [-0.05, 0) is 28.6 Å². The second-order valence-corrected chi connectivity index (χ2v) is 4.47. The third-order valence-corrected chi connectivity index (χ3v) is 2.82. The highest BCUT2D eigenvalue weighted by molar-refractivity contribution is 5.68. The van der Waals surface area contributed by atoms with Gasteiger partial charge in [-0.15, -0.1) is 0 Å². The number of carbonyl (C=O) groups is 1. The number of benzene rings is 1. The fraction of sp³-hybridized carbons (Fsp3) is 0.462. The summed E-state index contributed by atoms with van der Waals surface area (Å²) in [7, 11) is 1.59. The van der Waals surface area contributed by atoms with Gasteiger partial charge in [0.05, 0.1) is 19.6 Å². The van der Waals surface area contributed by atoms with Gasteiger partial charge >= 0.3 is 5.97 Å². The van der Waals surface area contributed by atoms with Gasteiger partial charge < -0.3 is 9.84 Å². The lowest BCUT2D eigenvalue weighted by atomic mass is 9.95. The summed E-state index contributed by atoms with van der Waals surface area (Å²) in [5.74, 6) is -0.0282. The van der Waals surface area contributed by atoms with Crippen molar-refractivity contribution in [1.29, 1.82) is 0 Å². The average molecular weight is 263 g/mol. The van der Waals surface area contributed by atoms with Crippen molar-refractivity contribution in [2.75, 3.05) is 7.11 Å². The van der Waals surface area contributed by atoms with E-state index in [1.165, 1.54) is 0 Å². The van der Waals surface area contributed by atoms with Crippen LogP contribution in [0.2, 0.25) is 0 Å². The zero-order valence-corrected chi connectivity index (χ0v) is 11.2. The lowest BCUT2D eigenvalue weighted by Crippen LogP contribution is -2.05. The van der Waals surface area contributed by atoms with Crippen LogP contribution in [0.25, 0.3) is 10.4 Å². The predicted octanol–water partition coefficient (Wildman–Crippen LogP) is 3.64. The van der Waals surface area contributed by atoms with Crippen LogP contribution in [0.3, 0.4) is 0 Å². The summed E-state index contributed by atoms with van der Waals surface area (Å²) >= 11 is 0. The molecular weight excluding hydrogens is 246 g/mol. The van der Waals surface area contributed by atoms with Crippen molar-refractivity contribution in [3.05, 3.63) is 39.8 Å². The van der Waals surface area contributed by atoms with E-state index >= 15 is 0 Å². The minimum atomic E-state index is -1.00. The number of nitrogens with zero attached hydrogens (tertiary/aromatic N) is 3. The van der Waals surface area contributed by atoms with Gasteiger partial charge in [-0.3, -0.25) is 4.79 Å². The molecule has 0 aliphatic rings. The highest BCUT2D eigenvalue weighted by Gasteiger charge is 2.17. The maximum Gasteiger partial charge on any atom is 0.304 e. The summed E-state index contributed by atoms with van der Waals surface area (Å²) in [6.45, 7) is 4.03. The molecule has 6 nitrogen and oxygen atoms in total. The van der Waals surface area contributed by atoms with E-state index in [2.05, 4.69) is 10.0 Å². The summed E-state index contributed by atoms with van der Waals surface area (Å²) in [5, 5.41) is 12.4. The smallest absolute Gasteiger partial charge is 0.304 e. The standard InChI is InChI=1S/C13H17N3O3/c1-8(2)10-6-9(4-5-12(10)19-3)11(15-16-14)7-13(17)18/h4-6,8,11H,7H2,1-3H3,(H,17,18). The molecule has 0 amide bonds. The molecule has 19 heavy (non-hydrogen) atoms. The zero-order chi connectivity index (χ0) is 14.4. The molecule has 1 rings (SSSR count). The maximum absolute atomic E-state index is 10.8. The normalized spacial score (nSPS) is 11.8. The molecule has 1 aromatic rings. The fourth-order valence-electron chi connectivity index (χ4n) is 1.86. The Hall–Kier alpha value is -2.20. The fourth-order valence-corrected chi connectivity index (χ4v) is 1.86. The van der Waals surface area contributed by atoms with Crippen molar-refractivity contribution in [3.8, 4) is 5.75 Å². The Morgan fingerprint density at radius 3 is 2.68 bits per heavy atom. The lowest BCUT2D eigenvalue weighted by molar-refractivity contribution is -0.137. The molecule has 1 unspecified atom stereocenters. The van der Waals surface area contributed by atoms with Crippen LogP contribution in [0.4, 0.5) is 0 Å². The summed E-state index contributed by atoms with van der Waals surface area (Å²) in [5.41, 5.74) is 10.2. The topological polar surface area (TPSA) is 95.3 Å². The molecule has 0 aliphatic carbocycles. The second kappa shape index (κ2) is 6.66. The Bertz CT molecular complexity index is 508. The predicted molar refractivity (Wildman–Crippen MR) is 71.2 cm³/mol. The number of rotatable bonds is 6. The molecule has 0 heterocycles. The van der Waals surface area contributed by atoms with Crippen LogP contribution in [-0.4, -0.2) is 18.2 Å². The van der Waals surface area contributed by atoms with Crippen LogP contribution in [0, 0.1) is 0 Å². The number of methoxy groups -OCH3 is 1. The van der Waals surface area contributed by atoms with Crippen LogP contribution in [-0.2, 0) is 4.79 Å². The van der Waals surface area contributed by atoms with Gasteiger partial charge in [0.1, 0.15) is 5.75 Å². The quantitative estimate of drug-likeness (QED) is 0.482. The highest BCUT2D eigenvalue weighted by atomic mass is 16.5. The van der Waals surface area contributed by atoms with Gasteiger partial charge in [0.25, 0.3) is 0 Å². The summed E-state index contributed by atoms with van der Waals surface area (Å²) in [6, 6.07) is 4.64. The zero-order valence-electron chi connectivity index (χ0n) is 11.2. The molecule has 1 N–H and O–H groups in total. The van der Waals surface area contributed by atoms with Crippen LogP contribution in [0.1, 0.15) is 43.4 Å². The molecule has 0 bridgehead atoms. The van der Waals surface area contributed by atoms with Crippen LogP contribution in [0.15, 0.2) is 23.3 Å². The first-order valence-corrected chi connectivity index (χ1v) is 5.93. The van der Waals surface area contributed by atoms with Crippen LogP contribution < -0.4 is 4.74 Å². The van der Waals surface area contributed by atoms with E-state index in [1.807, 2.05) is 19.9 Å². The Morgan fingerprint density at radius 2 is 2.21 bits per heavy atom. The van der Waals surface area contributed by atoms with Crippen molar-refractivity contribution in [2.24, 2.45) is 5.11 Å². The third-order valence-electron chi connectivity index (χ3n) is 2.82. The van der Waals surface area contributed by atoms with E-state index in [1.54, 1.807) is 19.2 Å². The number of carboxylic acids is 1. The molecule has 0 aliphatic heterocycles. The Kier molecular flexibility index (Phi) is 5.21. The first-order valence-electron chi connectivity index (χ1n) is 5.93. The van der Waals surface area contributed by atoms with Crippen molar-refractivity contribution in [2.45, 2.75) is 32.2 Å². The number of hydrogen-bond donors (Lipinski definition) is 1. The van der Waals surface area contributed by atoms with E-state index in [9.17, 15) is 4.79 Å². The Balaban J connectivity index is 3.20. The molecule has 1 atom stereocenters. The van der Waals surface area contributed by atoms with Gasteiger partial charge in [-0.2, -0.15) is 0 Å². The molecule has 0 saturated carbocycles. The van der Waals surface area contributed by atoms with Crippen molar-refractivity contribution < 1.29 is 14.6 Å². The minimum absolute atomic E-state index is 0.228. The van der Waals surface area contributed by atoms with E-state index in [0.29, 0.717) is 5.56 Å². The maximum atomic E-state index is 10.8. The molecule has 0 radical (unpaired) electrons. The molecule has 0 spiro atoms. The van der Waals surface area contributed by atoms with Crippen molar-refractivity contribution in [1.82, 2.24) is 0 Å². The minimum Gasteiger partial charge on any atom is -0.496 e. The van der Waals surface area contributed by atoms with Crippen LogP contribution >= 0.6 is 0 Å². The number of carboxylic acid groups (broad SMARTS) is 1. The summed E-state index contributed by atoms with van der Waals surface area (Å²) in [6.07, 6.45) is -0.228. The van der Waals surface area contributed by atoms with Gasteiger partial charge in [0, 0.05) is 4.91 Å². The highest BCUT2D eigenvalue weighted by Crippen LogP contribution is 2.31. The molecular formula is C13H17N3O3. The Morgan fingerprint density at radius 1 is 1.53 bits per heavy atom. The SMILES string of the molecule is COc1ccc(C(CC(=O)O)N=[N+]=[N-])cc1C(C)C. The molecule has 0 fully saturated rings. The largest absolute Gasteiger partial charge is 0.496 e. The van der Waals surface area contributed by atoms with Crippen LogP contribution in [0.5, 0.6) is 5.75 Å². The van der Waals surface area contributed by atoms with E-state index < -0.39 is 12.0 Å². The number of aliphatic carboxylic acids is 1. The average Bonchev–Trinajstić information content (AvgIpc) is 2.37. The lowest BCUT2D eigenvalue weighted by Gasteiger charge is -2.16. The third kappa shape index (κ3) is 3.89. The van der Waals surface area contributed by atoms with Gasteiger partial charge in [0.15, 0.2) is 0 Å². The van der Waals surface area contributed by atoms with Gasteiger partial charge in [0.2, 0.25) is 0 Å². The van der Waals surface area contributed by atoms with Crippen molar-refractivity contribution in [3.63, 3.8) is 0 Å². The van der Waals surface area contributed by atoms with Crippen molar-refractivity contribution >= 4 is 5.97 Å². The summed E-state index contributed by atoms with van der Waals surface area (Å²) in [4.78, 5) is 13.5. The first-order chi connectivity index (χ1) is 8.99. The number of azide groups is 1. The summed E-state index contributed by atoms with van der Waals surface area (Å²) < 4.78 is 5.26. The van der Waals surface area contributed by atoms with Gasteiger partial charge in [-0.1, -0.05) is 31.1 Å². The molecule has 102 valence electrons. The van der Waals surface area contributed by atoms with E-state index in [-0.39, 0.29) is 12.3 Å². The van der Waals surface area contributed by atoms with Gasteiger partial charge in [-0.25, -0.2) is 0 Å². The molecule has 6 heteroatoms. The molecule has 0 saturated heterocycles. The van der Waals surface area contributed by atoms with E-state index in [4.69, 9.17) is 15.4 Å². The number of hydrogen-bond acceptors (Lipinski definition) is 3. The molecule has 1 aromatic carbocycles. The number of ether oxygens (including phenoxy) is 1. The second-order valence-electron chi connectivity index (χ2n) is 4.47. The van der Waals surface area contributed by atoms with E-state index in [0.717, 1.165) is 11.3 Å². The monoisotopic (exact) mass is 263 g/mol. The molecule has 0 aromatic heterocycles. The first kappa shape index (κ1) is 14.9.